The van der Waals surface area contributed by atoms with Gasteiger partial charge in [0.2, 0.25) is 0 Å². The van der Waals surface area contributed by atoms with Crippen molar-refractivity contribution in [2.75, 3.05) is 40.0 Å². The summed E-state index contributed by atoms with van der Waals surface area (Å²) in [6, 6.07) is 9.31. The van der Waals surface area contributed by atoms with Crippen molar-refractivity contribution >= 4 is 5.78 Å². The van der Waals surface area contributed by atoms with Crippen LogP contribution in [0.4, 0.5) is 0 Å². The van der Waals surface area contributed by atoms with E-state index in [4.69, 9.17) is 14.2 Å². The van der Waals surface area contributed by atoms with Crippen molar-refractivity contribution in [3.63, 3.8) is 0 Å². The minimum absolute atomic E-state index is 0.0144. The highest BCUT2D eigenvalue weighted by Crippen LogP contribution is 2.48. The Hall–Kier alpha value is -2.53. The van der Waals surface area contributed by atoms with E-state index in [-0.39, 0.29) is 5.78 Å². The van der Waals surface area contributed by atoms with Crippen LogP contribution in [-0.4, -0.2) is 50.6 Å². The maximum atomic E-state index is 13.0. The summed E-state index contributed by atoms with van der Waals surface area (Å²) in [4.78, 5) is 15.3. The number of benzene rings is 2. The Morgan fingerprint density at radius 3 is 2.32 bits per heavy atom. The Kier molecular flexibility index (Phi) is 6.57. The summed E-state index contributed by atoms with van der Waals surface area (Å²) in [6.07, 6.45) is 0.901. The number of rotatable bonds is 10. The summed E-state index contributed by atoms with van der Waals surface area (Å²) in [5.74, 6) is 2.00. The van der Waals surface area contributed by atoms with Gasteiger partial charge >= 0.3 is 0 Å². The summed E-state index contributed by atoms with van der Waals surface area (Å²) in [6.45, 7) is 10.3. The van der Waals surface area contributed by atoms with Crippen molar-refractivity contribution in [3.8, 4) is 28.4 Å². The lowest BCUT2D eigenvalue weighted by molar-refractivity contribution is 0.104. The molecule has 2 aromatic rings. The molecule has 0 saturated carbocycles. The molecule has 0 unspecified atom stereocenters. The quantitative estimate of drug-likeness (QED) is 0.519. The molecule has 0 aromatic heterocycles. The van der Waals surface area contributed by atoms with Crippen LogP contribution in [-0.2, 0) is 0 Å². The highest BCUT2D eigenvalue weighted by Gasteiger charge is 2.33. The van der Waals surface area contributed by atoms with E-state index in [1.54, 1.807) is 7.11 Å². The van der Waals surface area contributed by atoms with Crippen molar-refractivity contribution in [1.29, 1.82) is 0 Å². The number of ether oxygens (including phenoxy) is 3. The third-order valence-corrected chi connectivity index (χ3v) is 5.09. The molecular weight excluding hydrogens is 354 g/mol. The Labute approximate surface area is 167 Å². The highest BCUT2D eigenvalue weighted by molar-refractivity contribution is 6.23. The molecule has 0 saturated heterocycles. The molecular formula is C23H29NO4. The van der Waals surface area contributed by atoms with E-state index in [1.165, 1.54) is 0 Å². The van der Waals surface area contributed by atoms with Gasteiger partial charge in [0.15, 0.2) is 5.78 Å². The van der Waals surface area contributed by atoms with E-state index in [0.717, 1.165) is 42.9 Å². The minimum atomic E-state index is -0.0144. The van der Waals surface area contributed by atoms with Gasteiger partial charge in [-0.2, -0.15) is 0 Å². The largest absolute Gasteiger partial charge is 0.496 e. The number of carbonyl (C=O) groups excluding carboxylic acids is 1. The number of nitrogens with zero attached hydrogens (tertiary/aromatic N) is 1. The molecule has 28 heavy (non-hydrogen) atoms. The van der Waals surface area contributed by atoms with E-state index in [2.05, 4.69) is 18.7 Å². The van der Waals surface area contributed by atoms with Crippen LogP contribution in [0, 0.1) is 0 Å². The standard InChI is InChI=1S/C23H29NO4/c1-5-12-27-16-14-18-22(20(15-16)26-4)21-17(23(18)25)9-8-10-19(21)28-13-11-24(6-2)7-3/h8-10,14-15H,5-7,11-13H2,1-4H3. The maximum Gasteiger partial charge on any atom is 0.194 e. The van der Waals surface area contributed by atoms with E-state index in [9.17, 15) is 4.79 Å². The first-order valence-electron chi connectivity index (χ1n) is 10.0. The van der Waals surface area contributed by atoms with Crippen LogP contribution in [0.25, 0.3) is 11.1 Å². The van der Waals surface area contributed by atoms with Gasteiger partial charge in [0.05, 0.1) is 13.7 Å². The molecule has 0 atom stereocenters. The van der Waals surface area contributed by atoms with Crippen molar-refractivity contribution in [2.24, 2.45) is 0 Å². The Morgan fingerprint density at radius 1 is 0.893 bits per heavy atom. The molecule has 0 spiro atoms. The Balaban J connectivity index is 1.96. The van der Waals surface area contributed by atoms with Crippen molar-refractivity contribution in [1.82, 2.24) is 4.90 Å². The first-order chi connectivity index (χ1) is 13.6. The second-order valence-corrected chi connectivity index (χ2v) is 6.78. The van der Waals surface area contributed by atoms with Crippen LogP contribution in [0.1, 0.15) is 43.1 Å². The molecule has 0 fully saturated rings. The number of hydrogen-bond donors (Lipinski definition) is 0. The third-order valence-electron chi connectivity index (χ3n) is 5.09. The Bertz CT molecular complexity index is 843. The molecule has 0 bridgehead atoms. The summed E-state index contributed by atoms with van der Waals surface area (Å²) < 4.78 is 17.5. The summed E-state index contributed by atoms with van der Waals surface area (Å²) >= 11 is 0. The van der Waals surface area contributed by atoms with Gasteiger partial charge in [0, 0.05) is 34.9 Å². The van der Waals surface area contributed by atoms with Crippen LogP contribution in [0.2, 0.25) is 0 Å². The number of hydrogen-bond acceptors (Lipinski definition) is 5. The lowest BCUT2D eigenvalue weighted by atomic mass is 10.0. The first kappa shape index (κ1) is 20.2. The Morgan fingerprint density at radius 2 is 1.64 bits per heavy atom. The zero-order chi connectivity index (χ0) is 20.1. The first-order valence-corrected chi connectivity index (χ1v) is 10.0. The molecule has 0 heterocycles. The predicted molar refractivity (Wildman–Crippen MR) is 111 cm³/mol. The lowest BCUT2D eigenvalue weighted by Gasteiger charge is -2.19. The zero-order valence-corrected chi connectivity index (χ0v) is 17.2. The molecule has 150 valence electrons. The van der Waals surface area contributed by atoms with Gasteiger partial charge < -0.3 is 19.1 Å². The molecule has 5 heteroatoms. The van der Waals surface area contributed by atoms with Crippen molar-refractivity contribution in [2.45, 2.75) is 27.2 Å². The normalized spacial score (nSPS) is 12.1. The fourth-order valence-corrected chi connectivity index (χ4v) is 3.56. The topological polar surface area (TPSA) is 48.0 Å². The van der Waals surface area contributed by atoms with Gasteiger partial charge in [-0.3, -0.25) is 4.79 Å². The minimum Gasteiger partial charge on any atom is -0.496 e. The monoisotopic (exact) mass is 383 g/mol. The van der Waals surface area contributed by atoms with Gasteiger partial charge in [-0.15, -0.1) is 0 Å². The fourth-order valence-electron chi connectivity index (χ4n) is 3.56. The predicted octanol–water partition coefficient (Wildman–Crippen LogP) is 4.42. The van der Waals surface area contributed by atoms with Gasteiger partial charge in [-0.1, -0.05) is 32.9 Å². The van der Waals surface area contributed by atoms with Gasteiger partial charge in [-0.05, 0) is 31.6 Å². The van der Waals surface area contributed by atoms with E-state index < -0.39 is 0 Å². The molecule has 1 aliphatic carbocycles. The summed E-state index contributed by atoms with van der Waals surface area (Å²) in [5.41, 5.74) is 2.88. The van der Waals surface area contributed by atoms with Crippen LogP contribution in [0.5, 0.6) is 17.2 Å². The smallest absolute Gasteiger partial charge is 0.194 e. The molecule has 0 amide bonds. The van der Waals surface area contributed by atoms with Crippen LogP contribution in [0.15, 0.2) is 30.3 Å². The second kappa shape index (κ2) is 9.11. The second-order valence-electron chi connectivity index (χ2n) is 6.78. The number of ketones is 1. The van der Waals surface area contributed by atoms with Gasteiger partial charge in [0.25, 0.3) is 0 Å². The van der Waals surface area contributed by atoms with Gasteiger partial charge in [-0.25, -0.2) is 0 Å². The average molecular weight is 383 g/mol. The van der Waals surface area contributed by atoms with Crippen molar-refractivity contribution in [3.05, 3.63) is 41.5 Å². The maximum absolute atomic E-state index is 13.0. The molecule has 5 nitrogen and oxygen atoms in total. The SMILES string of the molecule is CCCOc1cc(OC)c2c(c1)C(=O)c1cccc(OCCN(CC)CC)c1-2. The number of methoxy groups -OCH3 is 1. The molecule has 1 aliphatic rings. The van der Waals surface area contributed by atoms with Crippen LogP contribution < -0.4 is 14.2 Å². The average Bonchev–Trinajstić information content (AvgIpc) is 3.02. The van der Waals surface area contributed by atoms with Crippen LogP contribution in [0.3, 0.4) is 0 Å². The summed E-state index contributed by atoms with van der Waals surface area (Å²) in [5, 5.41) is 0. The highest BCUT2D eigenvalue weighted by atomic mass is 16.5. The fraction of sp³-hybridized carbons (Fsp3) is 0.435. The van der Waals surface area contributed by atoms with Gasteiger partial charge in [0.1, 0.15) is 23.9 Å². The summed E-state index contributed by atoms with van der Waals surface area (Å²) in [7, 11) is 1.62. The van der Waals surface area contributed by atoms with Crippen molar-refractivity contribution < 1.29 is 19.0 Å². The van der Waals surface area contributed by atoms with Crippen LogP contribution >= 0.6 is 0 Å². The van der Waals surface area contributed by atoms with E-state index in [1.807, 2.05) is 37.3 Å². The third kappa shape index (κ3) is 3.85. The molecule has 0 aliphatic heterocycles. The number of carbonyl (C=O) groups is 1. The van der Waals surface area contributed by atoms with E-state index in [0.29, 0.717) is 35.8 Å². The van der Waals surface area contributed by atoms with E-state index >= 15 is 0 Å². The number of fused-ring (bicyclic) bond motifs is 3. The molecule has 2 aromatic carbocycles. The molecule has 0 N–H and O–H groups in total. The number of likely N-dealkylation sites (N-methyl/N-ethyl adjacent to an activating group) is 1. The molecule has 0 radical (unpaired) electrons. The zero-order valence-electron chi connectivity index (χ0n) is 17.2. The molecule has 3 rings (SSSR count). The lowest BCUT2D eigenvalue weighted by Crippen LogP contribution is -2.28.